The Labute approximate surface area is 126 Å². The summed E-state index contributed by atoms with van der Waals surface area (Å²) in [5, 5.41) is 6.52. The fourth-order valence-corrected chi connectivity index (χ4v) is 3.90. The smallest absolute Gasteiger partial charge is 0.221 e. The molecule has 2 saturated carbocycles. The van der Waals surface area contributed by atoms with E-state index >= 15 is 0 Å². The van der Waals surface area contributed by atoms with E-state index in [0.717, 1.165) is 24.1 Å². The topological polar surface area (TPSA) is 50.4 Å². The van der Waals surface area contributed by atoms with Crippen molar-refractivity contribution in [3.05, 3.63) is 23.8 Å². The quantitative estimate of drug-likeness (QED) is 0.876. The van der Waals surface area contributed by atoms with E-state index < -0.39 is 0 Å². The SMILES string of the molecule is COc1ccc(CNC2CC3CCC2C3)cc1NC(C)=O. The van der Waals surface area contributed by atoms with E-state index in [9.17, 15) is 4.79 Å². The van der Waals surface area contributed by atoms with Crippen LogP contribution < -0.4 is 15.4 Å². The van der Waals surface area contributed by atoms with Gasteiger partial charge in [0, 0.05) is 19.5 Å². The lowest BCUT2D eigenvalue weighted by Gasteiger charge is -2.23. The molecule has 1 amide bonds. The minimum Gasteiger partial charge on any atom is -0.495 e. The van der Waals surface area contributed by atoms with Gasteiger partial charge in [-0.15, -0.1) is 0 Å². The largest absolute Gasteiger partial charge is 0.495 e. The minimum absolute atomic E-state index is 0.0773. The lowest BCUT2D eigenvalue weighted by Crippen LogP contribution is -2.33. The molecular formula is C17H24N2O2. The summed E-state index contributed by atoms with van der Waals surface area (Å²) >= 11 is 0. The van der Waals surface area contributed by atoms with Crippen molar-refractivity contribution < 1.29 is 9.53 Å². The van der Waals surface area contributed by atoms with Crippen molar-refractivity contribution >= 4 is 11.6 Å². The average Bonchev–Trinajstić information content (AvgIpc) is 3.07. The minimum atomic E-state index is -0.0773. The monoisotopic (exact) mass is 288 g/mol. The highest BCUT2D eigenvalue weighted by Gasteiger charge is 2.38. The molecule has 1 aromatic carbocycles. The molecule has 2 fully saturated rings. The van der Waals surface area contributed by atoms with E-state index in [0.29, 0.717) is 11.8 Å². The van der Waals surface area contributed by atoms with Crippen LogP contribution in [0.1, 0.15) is 38.2 Å². The molecule has 0 heterocycles. The van der Waals surface area contributed by atoms with Crippen molar-refractivity contribution in [3.8, 4) is 5.75 Å². The Hall–Kier alpha value is -1.55. The molecule has 4 nitrogen and oxygen atoms in total. The van der Waals surface area contributed by atoms with Crippen molar-refractivity contribution in [2.75, 3.05) is 12.4 Å². The van der Waals surface area contributed by atoms with E-state index in [1.165, 1.54) is 38.2 Å². The second kappa shape index (κ2) is 6.06. The first-order valence-corrected chi connectivity index (χ1v) is 7.83. The van der Waals surface area contributed by atoms with Gasteiger partial charge in [-0.3, -0.25) is 4.79 Å². The van der Waals surface area contributed by atoms with Gasteiger partial charge in [0.1, 0.15) is 5.75 Å². The van der Waals surface area contributed by atoms with Crippen LogP contribution in [0.3, 0.4) is 0 Å². The molecule has 0 radical (unpaired) electrons. The molecule has 0 saturated heterocycles. The zero-order chi connectivity index (χ0) is 14.8. The molecule has 3 atom stereocenters. The van der Waals surface area contributed by atoms with Crippen LogP contribution in [-0.2, 0) is 11.3 Å². The van der Waals surface area contributed by atoms with Crippen LogP contribution >= 0.6 is 0 Å². The lowest BCUT2D eigenvalue weighted by atomic mass is 9.95. The number of benzene rings is 1. The van der Waals surface area contributed by atoms with Gasteiger partial charge >= 0.3 is 0 Å². The molecule has 114 valence electrons. The summed E-state index contributed by atoms with van der Waals surface area (Å²) < 4.78 is 5.28. The Morgan fingerprint density at radius 3 is 2.81 bits per heavy atom. The van der Waals surface area contributed by atoms with Crippen molar-refractivity contribution in [2.45, 2.75) is 45.2 Å². The summed E-state index contributed by atoms with van der Waals surface area (Å²) in [6.07, 6.45) is 5.57. The standard InChI is InChI=1S/C17H24N2O2/c1-11(20)19-16-9-13(4-6-17(16)21-2)10-18-15-8-12-3-5-14(15)7-12/h4,6,9,12,14-15,18H,3,5,7-8,10H2,1-2H3,(H,19,20). The molecule has 3 unspecified atom stereocenters. The number of hydrogen-bond donors (Lipinski definition) is 2. The average molecular weight is 288 g/mol. The molecule has 4 heteroatoms. The molecule has 3 rings (SSSR count). The van der Waals surface area contributed by atoms with Crippen LogP contribution in [0.25, 0.3) is 0 Å². The fraction of sp³-hybridized carbons (Fsp3) is 0.588. The number of nitrogens with one attached hydrogen (secondary N) is 2. The number of fused-ring (bicyclic) bond motifs is 2. The number of anilines is 1. The molecule has 0 aliphatic heterocycles. The second-order valence-electron chi connectivity index (χ2n) is 6.38. The third-order valence-corrected chi connectivity index (χ3v) is 4.88. The van der Waals surface area contributed by atoms with Crippen LogP contribution in [0.4, 0.5) is 5.69 Å². The van der Waals surface area contributed by atoms with Gasteiger partial charge in [0.25, 0.3) is 0 Å². The Kier molecular flexibility index (Phi) is 4.15. The zero-order valence-corrected chi connectivity index (χ0v) is 12.8. The maximum Gasteiger partial charge on any atom is 0.221 e. The first kappa shape index (κ1) is 14.4. The fourth-order valence-electron chi connectivity index (χ4n) is 3.90. The molecule has 2 aliphatic carbocycles. The molecule has 0 spiro atoms. The van der Waals surface area contributed by atoms with Crippen LogP contribution in [0.15, 0.2) is 18.2 Å². The number of methoxy groups -OCH3 is 1. The van der Waals surface area contributed by atoms with Crippen LogP contribution in [-0.4, -0.2) is 19.1 Å². The number of ether oxygens (including phenoxy) is 1. The van der Waals surface area contributed by atoms with Crippen molar-refractivity contribution in [2.24, 2.45) is 11.8 Å². The van der Waals surface area contributed by atoms with Crippen LogP contribution in [0.5, 0.6) is 5.75 Å². The van der Waals surface area contributed by atoms with E-state index in [-0.39, 0.29) is 5.91 Å². The Morgan fingerprint density at radius 2 is 2.19 bits per heavy atom. The summed E-state index contributed by atoms with van der Waals surface area (Å²) in [5.41, 5.74) is 1.93. The number of rotatable bonds is 5. The molecule has 2 N–H and O–H groups in total. The molecule has 1 aromatic rings. The highest BCUT2D eigenvalue weighted by molar-refractivity contribution is 5.90. The number of carbonyl (C=O) groups is 1. The van der Waals surface area contributed by atoms with Gasteiger partial charge in [0.05, 0.1) is 12.8 Å². The third kappa shape index (κ3) is 3.21. The summed E-state index contributed by atoms with van der Waals surface area (Å²) in [5.74, 6) is 2.46. The van der Waals surface area contributed by atoms with Crippen molar-refractivity contribution in [3.63, 3.8) is 0 Å². The maximum absolute atomic E-state index is 11.3. The summed E-state index contributed by atoms with van der Waals surface area (Å²) in [7, 11) is 1.62. The summed E-state index contributed by atoms with van der Waals surface area (Å²) in [6.45, 7) is 2.37. The zero-order valence-electron chi connectivity index (χ0n) is 12.8. The molecule has 0 aromatic heterocycles. The Balaban J connectivity index is 1.63. The Morgan fingerprint density at radius 1 is 1.33 bits per heavy atom. The Bertz CT molecular complexity index is 530. The predicted octanol–water partition coefficient (Wildman–Crippen LogP) is 2.93. The van der Waals surface area contributed by atoms with Crippen LogP contribution in [0.2, 0.25) is 0 Å². The highest BCUT2D eigenvalue weighted by atomic mass is 16.5. The normalized spacial score (nSPS) is 26.9. The van der Waals surface area contributed by atoms with Gasteiger partial charge in [-0.2, -0.15) is 0 Å². The van der Waals surface area contributed by atoms with Crippen LogP contribution in [0, 0.1) is 11.8 Å². The van der Waals surface area contributed by atoms with Crippen molar-refractivity contribution in [1.82, 2.24) is 5.32 Å². The maximum atomic E-state index is 11.3. The van der Waals surface area contributed by atoms with Gasteiger partial charge in [0.15, 0.2) is 0 Å². The van der Waals surface area contributed by atoms with Gasteiger partial charge in [-0.1, -0.05) is 12.5 Å². The van der Waals surface area contributed by atoms with Gasteiger partial charge < -0.3 is 15.4 Å². The number of hydrogen-bond acceptors (Lipinski definition) is 3. The van der Waals surface area contributed by atoms with E-state index in [2.05, 4.69) is 16.7 Å². The molecule has 2 aliphatic rings. The lowest BCUT2D eigenvalue weighted by molar-refractivity contribution is -0.114. The van der Waals surface area contributed by atoms with Crippen molar-refractivity contribution in [1.29, 1.82) is 0 Å². The molecule has 2 bridgehead atoms. The van der Waals surface area contributed by atoms with Gasteiger partial charge in [0.2, 0.25) is 5.91 Å². The van der Waals surface area contributed by atoms with E-state index in [1.807, 2.05) is 12.1 Å². The predicted molar refractivity (Wildman–Crippen MR) is 83.4 cm³/mol. The number of carbonyl (C=O) groups excluding carboxylic acids is 1. The first-order valence-electron chi connectivity index (χ1n) is 7.83. The summed E-state index contributed by atoms with van der Waals surface area (Å²) in [4.78, 5) is 11.3. The van der Waals surface area contributed by atoms with Gasteiger partial charge in [-0.25, -0.2) is 0 Å². The molecular weight excluding hydrogens is 264 g/mol. The van der Waals surface area contributed by atoms with E-state index in [4.69, 9.17) is 4.74 Å². The van der Waals surface area contributed by atoms with Gasteiger partial charge in [-0.05, 0) is 48.8 Å². The number of amides is 1. The third-order valence-electron chi connectivity index (χ3n) is 4.88. The highest BCUT2D eigenvalue weighted by Crippen LogP contribution is 2.44. The van der Waals surface area contributed by atoms with E-state index in [1.54, 1.807) is 7.11 Å². The molecule has 21 heavy (non-hydrogen) atoms. The first-order chi connectivity index (χ1) is 10.2. The second-order valence-corrected chi connectivity index (χ2v) is 6.38. The summed E-state index contributed by atoms with van der Waals surface area (Å²) in [6, 6.07) is 6.66.